The largest absolute Gasteiger partial charge is 0.484 e. The highest BCUT2D eigenvalue weighted by Gasteiger charge is 2.33. The molecule has 0 fully saturated rings. The van der Waals surface area contributed by atoms with Gasteiger partial charge in [0.1, 0.15) is 11.4 Å². The second-order valence-electron chi connectivity index (χ2n) is 6.80. The van der Waals surface area contributed by atoms with Crippen LogP contribution in [0.4, 0.5) is 4.79 Å². The lowest BCUT2D eigenvalue weighted by atomic mass is 10.1. The number of nitrogens with zero attached hydrogens (tertiary/aromatic N) is 2. The monoisotopic (exact) mass is 300 g/mol. The average molecular weight is 300 g/mol. The standard InChI is InChI=1S/C17H20N2O3/c1-17(2)10-19-13-7-9-18(16(20)21)8-6-11(13)12-4-3-5-14(22-17)15(12)19/h3-5H,6-10H2,1-2H3,(H,20,21). The molecule has 22 heavy (non-hydrogen) atoms. The van der Waals surface area contributed by atoms with Crippen molar-refractivity contribution in [2.45, 2.75) is 38.8 Å². The van der Waals surface area contributed by atoms with Crippen LogP contribution in [-0.2, 0) is 19.4 Å². The van der Waals surface area contributed by atoms with Gasteiger partial charge < -0.3 is 19.3 Å². The van der Waals surface area contributed by atoms with E-state index in [-0.39, 0.29) is 5.60 Å². The molecular weight excluding hydrogens is 280 g/mol. The number of aromatic nitrogens is 1. The Bertz CT molecular complexity index is 776. The minimum Gasteiger partial charge on any atom is -0.484 e. The van der Waals surface area contributed by atoms with Crippen molar-refractivity contribution in [2.75, 3.05) is 13.1 Å². The van der Waals surface area contributed by atoms with Gasteiger partial charge in [0, 0.05) is 30.6 Å². The summed E-state index contributed by atoms with van der Waals surface area (Å²) in [4.78, 5) is 12.8. The fourth-order valence-electron chi connectivity index (χ4n) is 3.82. The van der Waals surface area contributed by atoms with Gasteiger partial charge in [0.15, 0.2) is 0 Å². The van der Waals surface area contributed by atoms with E-state index in [9.17, 15) is 9.90 Å². The average Bonchev–Trinajstić information content (AvgIpc) is 2.61. The molecule has 3 heterocycles. The zero-order valence-corrected chi connectivity index (χ0v) is 12.9. The minimum atomic E-state index is -0.822. The molecular formula is C17H20N2O3. The first-order chi connectivity index (χ1) is 10.5. The predicted molar refractivity (Wildman–Crippen MR) is 83.7 cm³/mol. The van der Waals surface area contributed by atoms with Crippen LogP contribution in [0.5, 0.6) is 5.75 Å². The summed E-state index contributed by atoms with van der Waals surface area (Å²) in [6.07, 6.45) is 0.721. The third-order valence-corrected chi connectivity index (χ3v) is 4.71. The molecule has 2 aliphatic heterocycles. The Kier molecular flexibility index (Phi) is 2.71. The predicted octanol–water partition coefficient (Wildman–Crippen LogP) is 2.89. The summed E-state index contributed by atoms with van der Waals surface area (Å²) >= 11 is 0. The molecule has 5 nitrogen and oxygen atoms in total. The summed E-state index contributed by atoms with van der Waals surface area (Å²) in [5.41, 5.74) is 3.51. The molecule has 4 rings (SSSR count). The number of hydrogen-bond acceptors (Lipinski definition) is 2. The number of rotatable bonds is 0. The van der Waals surface area contributed by atoms with Crippen molar-refractivity contribution in [3.05, 3.63) is 29.5 Å². The van der Waals surface area contributed by atoms with Crippen LogP contribution in [0, 0.1) is 0 Å². The number of carbonyl (C=O) groups is 1. The quantitative estimate of drug-likeness (QED) is 0.814. The maximum Gasteiger partial charge on any atom is 0.407 e. The Morgan fingerprint density at radius 1 is 1.27 bits per heavy atom. The Labute approximate surface area is 129 Å². The van der Waals surface area contributed by atoms with Gasteiger partial charge in [0.2, 0.25) is 0 Å². The fraction of sp³-hybridized carbons (Fsp3) is 0.471. The molecule has 0 atom stereocenters. The van der Waals surface area contributed by atoms with Gasteiger partial charge in [-0.15, -0.1) is 0 Å². The van der Waals surface area contributed by atoms with Crippen LogP contribution >= 0.6 is 0 Å². The molecule has 2 aliphatic rings. The highest BCUT2D eigenvalue weighted by atomic mass is 16.5. The normalized spacial score (nSPS) is 19.5. The van der Waals surface area contributed by atoms with Gasteiger partial charge in [-0.3, -0.25) is 0 Å². The molecule has 1 N–H and O–H groups in total. The summed E-state index contributed by atoms with van der Waals surface area (Å²) in [7, 11) is 0. The molecule has 0 unspecified atom stereocenters. The first-order valence-corrected chi connectivity index (χ1v) is 7.76. The number of carboxylic acid groups (broad SMARTS) is 1. The minimum absolute atomic E-state index is 0.243. The fourth-order valence-corrected chi connectivity index (χ4v) is 3.82. The molecule has 0 saturated carbocycles. The number of benzene rings is 1. The Morgan fingerprint density at radius 3 is 2.82 bits per heavy atom. The van der Waals surface area contributed by atoms with Crippen LogP contribution < -0.4 is 4.74 Å². The van der Waals surface area contributed by atoms with Gasteiger partial charge in [-0.1, -0.05) is 12.1 Å². The zero-order chi connectivity index (χ0) is 15.5. The Hall–Kier alpha value is -2.17. The first kappa shape index (κ1) is 13.5. The second kappa shape index (κ2) is 4.41. The molecule has 0 radical (unpaired) electrons. The van der Waals surface area contributed by atoms with Crippen LogP contribution in [0.3, 0.4) is 0 Å². The Morgan fingerprint density at radius 2 is 2.05 bits per heavy atom. The van der Waals surface area contributed by atoms with Crippen LogP contribution in [0.25, 0.3) is 10.9 Å². The lowest BCUT2D eigenvalue weighted by Gasteiger charge is -2.33. The molecule has 116 valence electrons. The molecule has 0 bridgehead atoms. The highest BCUT2D eigenvalue weighted by Crippen LogP contribution is 2.40. The number of amides is 1. The summed E-state index contributed by atoms with van der Waals surface area (Å²) in [6.45, 7) is 6.14. The lowest BCUT2D eigenvalue weighted by molar-refractivity contribution is 0.0804. The topological polar surface area (TPSA) is 54.7 Å². The van der Waals surface area contributed by atoms with E-state index in [0.717, 1.165) is 25.1 Å². The first-order valence-electron chi connectivity index (χ1n) is 7.76. The molecule has 2 aromatic rings. The van der Waals surface area contributed by atoms with E-state index < -0.39 is 6.09 Å². The van der Waals surface area contributed by atoms with Crippen molar-refractivity contribution in [3.8, 4) is 5.75 Å². The van der Waals surface area contributed by atoms with Gasteiger partial charge in [0.25, 0.3) is 0 Å². The van der Waals surface area contributed by atoms with Crippen molar-refractivity contribution in [3.63, 3.8) is 0 Å². The molecule has 5 heteroatoms. The maximum absolute atomic E-state index is 11.3. The molecule has 1 amide bonds. The van der Waals surface area contributed by atoms with Gasteiger partial charge in [-0.05, 0) is 31.9 Å². The summed E-state index contributed by atoms with van der Waals surface area (Å²) in [5, 5.41) is 10.5. The smallest absolute Gasteiger partial charge is 0.407 e. The zero-order valence-electron chi connectivity index (χ0n) is 12.9. The van der Waals surface area contributed by atoms with E-state index in [0.29, 0.717) is 13.1 Å². The number of hydrogen-bond donors (Lipinski definition) is 1. The Balaban J connectivity index is 1.89. The van der Waals surface area contributed by atoms with Gasteiger partial charge in [0.05, 0.1) is 12.1 Å². The van der Waals surface area contributed by atoms with Crippen molar-refractivity contribution in [1.82, 2.24) is 9.47 Å². The van der Waals surface area contributed by atoms with E-state index in [4.69, 9.17) is 4.74 Å². The van der Waals surface area contributed by atoms with E-state index in [1.54, 1.807) is 0 Å². The summed E-state index contributed by atoms with van der Waals surface area (Å²) in [6, 6.07) is 6.19. The van der Waals surface area contributed by atoms with Gasteiger partial charge in [-0.2, -0.15) is 0 Å². The molecule has 0 saturated heterocycles. The van der Waals surface area contributed by atoms with Crippen LogP contribution in [0.1, 0.15) is 25.1 Å². The maximum atomic E-state index is 11.3. The van der Waals surface area contributed by atoms with Crippen molar-refractivity contribution < 1.29 is 14.6 Å². The van der Waals surface area contributed by atoms with Crippen LogP contribution in [0.15, 0.2) is 18.2 Å². The molecule has 1 aromatic heterocycles. The lowest BCUT2D eigenvalue weighted by Crippen LogP contribution is -2.37. The van der Waals surface area contributed by atoms with Crippen molar-refractivity contribution in [1.29, 1.82) is 0 Å². The summed E-state index contributed by atoms with van der Waals surface area (Å²) in [5.74, 6) is 0.942. The molecule has 0 spiro atoms. The third-order valence-electron chi connectivity index (χ3n) is 4.71. The van der Waals surface area contributed by atoms with Gasteiger partial charge >= 0.3 is 6.09 Å². The second-order valence-corrected chi connectivity index (χ2v) is 6.80. The van der Waals surface area contributed by atoms with Crippen molar-refractivity contribution in [2.24, 2.45) is 0 Å². The van der Waals surface area contributed by atoms with Crippen LogP contribution in [0.2, 0.25) is 0 Å². The SMILES string of the molecule is CC1(C)Cn2c3c(c4cccc(c42)O1)CCN(C(=O)O)CC3. The number of fused-ring (bicyclic) bond motifs is 3. The van der Waals surface area contributed by atoms with E-state index in [1.807, 2.05) is 12.1 Å². The van der Waals surface area contributed by atoms with Crippen LogP contribution in [-0.4, -0.2) is 39.4 Å². The van der Waals surface area contributed by atoms with E-state index in [1.165, 1.54) is 27.1 Å². The third kappa shape index (κ3) is 1.88. The molecule has 1 aromatic carbocycles. The molecule has 0 aliphatic carbocycles. The van der Waals surface area contributed by atoms with Crippen molar-refractivity contribution >= 4 is 17.0 Å². The number of para-hydroxylation sites is 1. The highest BCUT2D eigenvalue weighted by molar-refractivity contribution is 5.91. The number of ether oxygens (including phenoxy) is 1. The summed E-state index contributed by atoms with van der Waals surface area (Å²) < 4.78 is 8.49. The van der Waals surface area contributed by atoms with Gasteiger partial charge in [-0.25, -0.2) is 4.79 Å². The van der Waals surface area contributed by atoms with E-state index in [2.05, 4.69) is 24.5 Å². The van der Waals surface area contributed by atoms with E-state index >= 15 is 0 Å².